The van der Waals surface area contributed by atoms with Crippen LogP contribution in [0, 0.1) is 0 Å². The molecule has 90 valence electrons. The maximum atomic E-state index is 11.5. The van der Waals surface area contributed by atoms with Gasteiger partial charge in [0.15, 0.2) is 5.60 Å². The lowest BCUT2D eigenvalue weighted by molar-refractivity contribution is -0.147. The van der Waals surface area contributed by atoms with Crippen molar-refractivity contribution in [3.05, 3.63) is 23.8 Å². The molecule has 4 atom stereocenters. The van der Waals surface area contributed by atoms with Crippen LogP contribution in [0.1, 0.15) is 19.3 Å². The van der Waals surface area contributed by atoms with E-state index in [0.29, 0.717) is 6.04 Å². The fraction of sp³-hybridized carbons (Fsp3) is 0.615. The van der Waals surface area contributed by atoms with Gasteiger partial charge in [-0.25, -0.2) is 4.79 Å². The Bertz CT molecular complexity index is 456. The highest BCUT2D eigenvalue weighted by Gasteiger charge is 2.62. The van der Waals surface area contributed by atoms with E-state index in [-0.39, 0.29) is 24.7 Å². The second-order valence-corrected chi connectivity index (χ2v) is 5.42. The van der Waals surface area contributed by atoms with Crippen LogP contribution in [0.2, 0.25) is 0 Å². The maximum absolute atomic E-state index is 11.5. The number of aliphatic hydroxyl groups excluding tert-OH is 1. The summed E-state index contributed by atoms with van der Waals surface area (Å²) in [6, 6.07) is 0.813. The van der Waals surface area contributed by atoms with Gasteiger partial charge in [-0.3, -0.25) is 4.90 Å². The Balaban J connectivity index is 1.81. The second kappa shape index (κ2) is 3.00. The number of carbonyl (C=O) groups is 1. The molecule has 1 spiro atoms. The highest BCUT2D eigenvalue weighted by molar-refractivity contribution is 5.88. The van der Waals surface area contributed by atoms with Crippen LogP contribution in [-0.4, -0.2) is 46.3 Å². The molecule has 3 heterocycles. The largest absolute Gasteiger partial charge is 0.449 e. The van der Waals surface area contributed by atoms with Crippen molar-refractivity contribution in [2.24, 2.45) is 0 Å². The Labute approximate surface area is 99.5 Å². The number of nitrogens with zero attached hydrogens (tertiary/aromatic N) is 1. The van der Waals surface area contributed by atoms with Gasteiger partial charge in [-0.15, -0.1) is 0 Å². The first-order valence-electron chi connectivity index (χ1n) is 6.26. The standard InChI is InChI=1S/C13H15NO3/c15-7-10-3-4-11-13-6-9(14(10)11)2-1-8(13)5-12(16)17-13/h1-2,5,9-11,15H,3-4,6-7H2. The Kier molecular flexibility index (Phi) is 1.74. The summed E-state index contributed by atoms with van der Waals surface area (Å²) in [6.07, 6.45) is 8.68. The number of esters is 1. The zero-order valence-electron chi connectivity index (χ0n) is 9.50. The van der Waals surface area contributed by atoms with Gasteiger partial charge in [0.2, 0.25) is 0 Å². The van der Waals surface area contributed by atoms with E-state index >= 15 is 0 Å². The van der Waals surface area contributed by atoms with E-state index in [9.17, 15) is 9.90 Å². The minimum atomic E-state index is -0.402. The lowest BCUT2D eigenvalue weighted by Gasteiger charge is -2.31. The number of rotatable bonds is 1. The molecule has 0 aromatic rings. The predicted molar refractivity (Wildman–Crippen MR) is 60.2 cm³/mol. The smallest absolute Gasteiger partial charge is 0.332 e. The molecule has 0 radical (unpaired) electrons. The molecule has 4 aliphatic rings. The molecule has 0 aromatic carbocycles. The van der Waals surface area contributed by atoms with Gasteiger partial charge in [0, 0.05) is 30.2 Å². The predicted octanol–water partition coefficient (Wildman–Crippen LogP) is 0.376. The van der Waals surface area contributed by atoms with Gasteiger partial charge in [-0.05, 0) is 12.8 Å². The lowest BCUT2D eigenvalue weighted by Crippen LogP contribution is -2.45. The summed E-state index contributed by atoms with van der Waals surface area (Å²) in [5.41, 5.74) is 0.630. The van der Waals surface area contributed by atoms with Crippen molar-refractivity contribution in [3.8, 4) is 0 Å². The molecular formula is C13H15NO3. The van der Waals surface area contributed by atoms with E-state index < -0.39 is 5.60 Å². The topological polar surface area (TPSA) is 49.8 Å². The number of hydrogen-bond acceptors (Lipinski definition) is 4. The molecule has 4 rings (SSSR count). The molecule has 0 saturated carbocycles. The summed E-state index contributed by atoms with van der Waals surface area (Å²) in [5, 5.41) is 9.44. The van der Waals surface area contributed by atoms with Crippen molar-refractivity contribution in [2.45, 2.75) is 43.0 Å². The monoisotopic (exact) mass is 233 g/mol. The third kappa shape index (κ3) is 1.03. The zero-order valence-corrected chi connectivity index (χ0v) is 9.50. The first-order chi connectivity index (χ1) is 8.24. The fourth-order valence-corrected chi connectivity index (χ4v) is 4.12. The molecule has 0 aromatic heterocycles. The summed E-state index contributed by atoms with van der Waals surface area (Å²) in [6.45, 7) is 0.198. The van der Waals surface area contributed by atoms with Crippen LogP contribution in [0.5, 0.6) is 0 Å². The molecule has 1 N–H and O–H groups in total. The summed E-state index contributed by atoms with van der Waals surface area (Å²) in [5.74, 6) is -0.209. The molecule has 2 saturated heterocycles. The first-order valence-corrected chi connectivity index (χ1v) is 6.26. The summed E-state index contributed by atoms with van der Waals surface area (Å²) in [4.78, 5) is 13.9. The van der Waals surface area contributed by atoms with E-state index in [4.69, 9.17) is 4.74 Å². The highest BCUT2D eigenvalue weighted by atomic mass is 16.6. The van der Waals surface area contributed by atoms with Gasteiger partial charge in [-0.2, -0.15) is 0 Å². The molecule has 2 fully saturated rings. The minimum absolute atomic E-state index is 0.198. The van der Waals surface area contributed by atoms with E-state index in [1.54, 1.807) is 6.08 Å². The Morgan fingerprint density at radius 2 is 2.41 bits per heavy atom. The van der Waals surface area contributed by atoms with Gasteiger partial charge >= 0.3 is 5.97 Å². The van der Waals surface area contributed by atoms with E-state index in [1.807, 2.05) is 6.08 Å². The van der Waals surface area contributed by atoms with Crippen LogP contribution in [-0.2, 0) is 9.53 Å². The van der Waals surface area contributed by atoms with Crippen LogP contribution >= 0.6 is 0 Å². The highest BCUT2D eigenvalue weighted by Crippen LogP contribution is 2.53. The van der Waals surface area contributed by atoms with Crippen LogP contribution in [0.3, 0.4) is 0 Å². The maximum Gasteiger partial charge on any atom is 0.332 e. The normalized spacial score (nSPS) is 46.8. The molecule has 2 bridgehead atoms. The first kappa shape index (κ1) is 9.85. The number of ether oxygens (including phenoxy) is 1. The minimum Gasteiger partial charge on any atom is -0.449 e. The van der Waals surface area contributed by atoms with Crippen molar-refractivity contribution in [1.82, 2.24) is 4.90 Å². The third-order valence-electron chi connectivity index (χ3n) is 4.74. The van der Waals surface area contributed by atoms with Crippen LogP contribution < -0.4 is 0 Å². The number of aliphatic hydroxyl groups is 1. The molecule has 3 aliphatic heterocycles. The molecule has 17 heavy (non-hydrogen) atoms. The Morgan fingerprint density at radius 1 is 1.53 bits per heavy atom. The van der Waals surface area contributed by atoms with Crippen molar-refractivity contribution in [3.63, 3.8) is 0 Å². The lowest BCUT2D eigenvalue weighted by atomic mass is 9.81. The summed E-state index contributed by atoms with van der Waals surface area (Å²) >= 11 is 0. The van der Waals surface area contributed by atoms with E-state index in [1.165, 1.54) is 0 Å². The van der Waals surface area contributed by atoms with Crippen molar-refractivity contribution in [2.75, 3.05) is 6.61 Å². The van der Waals surface area contributed by atoms with Crippen molar-refractivity contribution in [1.29, 1.82) is 0 Å². The SMILES string of the molecule is O=C1C=C2C=CC3CC2(O1)C1CCC(CO)N31. The van der Waals surface area contributed by atoms with Crippen LogP contribution in [0.4, 0.5) is 0 Å². The molecule has 4 heteroatoms. The Hall–Kier alpha value is -1.13. The molecule has 4 nitrogen and oxygen atoms in total. The van der Waals surface area contributed by atoms with Gasteiger partial charge in [0.05, 0.1) is 12.6 Å². The van der Waals surface area contributed by atoms with Gasteiger partial charge in [0.25, 0.3) is 0 Å². The van der Waals surface area contributed by atoms with Crippen LogP contribution in [0.15, 0.2) is 23.8 Å². The molecule has 4 unspecified atom stereocenters. The van der Waals surface area contributed by atoms with Gasteiger partial charge < -0.3 is 9.84 Å². The summed E-state index contributed by atoms with van der Waals surface area (Å²) < 4.78 is 5.64. The molecular weight excluding hydrogens is 218 g/mol. The molecule has 0 amide bonds. The third-order valence-corrected chi connectivity index (χ3v) is 4.74. The summed E-state index contributed by atoms with van der Waals surface area (Å²) in [7, 11) is 0. The number of hydrogen-bond donors (Lipinski definition) is 1. The molecule has 1 aliphatic carbocycles. The van der Waals surface area contributed by atoms with E-state index in [0.717, 1.165) is 24.8 Å². The second-order valence-electron chi connectivity index (χ2n) is 5.42. The average molecular weight is 233 g/mol. The van der Waals surface area contributed by atoms with Crippen molar-refractivity contribution < 1.29 is 14.6 Å². The number of fused-ring (bicyclic) bond motifs is 3. The Morgan fingerprint density at radius 3 is 3.24 bits per heavy atom. The fourth-order valence-electron chi connectivity index (χ4n) is 4.12. The zero-order chi connectivity index (χ0) is 11.6. The number of carbonyl (C=O) groups excluding carboxylic acids is 1. The van der Waals surface area contributed by atoms with Gasteiger partial charge in [0.1, 0.15) is 0 Å². The quantitative estimate of drug-likeness (QED) is 0.665. The van der Waals surface area contributed by atoms with E-state index in [2.05, 4.69) is 11.0 Å². The van der Waals surface area contributed by atoms with Crippen molar-refractivity contribution >= 4 is 5.97 Å². The average Bonchev–Trinajstić information content (AvgIpc) is 2.92. The van der Waals surface area contributed by atoms with Gasteiger partial charge in [-0.1, -0.05) is 12.2 Å². The van der Waals surface area contributed by atoms with Crippen LogP contribution in [0.25, 0.3) is 0 Å².